The van der Waals surface area contributed by atoms with Crippen LogP contribution in [0.25, 0.3) is 10.9 Å². The average molecular weight is 243 g/mol. The first kappa shape index (κ1) is 11.1. The highest BCUT2D eigenvalue weighted by atomic mass is 15.0. The van der Waals surface area contributed by atoms with E-state index in [1.54, 1.807) is 0 Å². The molecule has 1 aromatic heterocycles. The van der Waals surface area contributed by atoms with Crippen molar-refractivity contribution in [2.24, 2.45) is 0 Å². The first-order chi connectivity index (χ1) is 8.66. The predicted octanol–water partition coefficient (Wildman–Crippen LogP) is 2.03. The Bertz CT molecular complexity index is 602. The van der Waals surface area contributed by atoms with Crippen molar-refractivity contribution in [3.05, 3.63) is 17.7 Å². The average Bonchev–Trinajstić information content (AvgIpc) is 2.83. The molecule has 1 aromatic carbocycles. The van der Waals surface area contributed by atoms with Gasteiger partial charge >= 0.3 is 0 Å². The number of hydrogen-bond acceptors (Lipinski definition) is 5. The van der Waals surface area contributed by atoms with Crippen molar-refractivity contribution in [3.63, 3.8) is 0 Å². The van der Waals surface area contributed by atoms with Gasteiger partial charge in [0.15, 0.2) is 0 Å². The Morgan fingerprint density at radius 2 is 1.72 bits per heavy atom. The summed E-state index contributed by atoms with van der Waals surface area (Å²) in [7, 11) is 0. The number of nitrogens with zero attached hydrogens (tertiary/aromatic N) is 2. The van der Waals surface area contributed by atoms with E-state index in [0.717, 1.165) is 35.0 Å². The molecule has 18 heavy (non-hydrogen) atoms. The van der Waals surface area contributed by atoms with E-state index in [-0.39, 0.29) is 5.95 Å². The van der Waals surface area contributed by atoms with Crippen LogP contribution in [0.4, 0.5) is 17.5 Å². The summed E-state index contributed by atoms with van der Waals surface area (Å²) in [4.78, 5) is 8.30. The van der Waals surface area contributed by atoms with Gasteiger partial charge in [-0.3, -0.25) is 0 Å². The number of rotatable bonds is 1. The third-order valence-corrected chi connectivity index (χ3v) is 3.75. The first-order valence-electron chi connectivity index (χ1n) is 6.28. The Morgan fingerprint density at radius 1 is 1.00 bits per heavy atom. The number of aromatic nitrogens is 2. The van der Waals surface area contributed by atoms with Gasteiger partial charge in [-0.15, -0.1) is 0 Å². The number of benzene rings is 1. The van der Waals surface area contributed by atoms with Crippen LogP contribution in [0, 0.1) is 0 Å². The molecule has 5 nitrogen and oxygen atoms in total. The van der Waals surface area contributed by atoms with Crippen LogP contribution in [-0.4, -0.2) is 9.97 Å². The Balaban J connectivity index is 2.30. The molecule has 3 rings (SSSR count). The number of anilines is 3. The zero-order chi connectivity index (χ0) is 12.7. The maximum atomic E-state index is 6.13. The van der Waals surface area contributed by atoms with Crippen LogP contribution >= 0.6 is 0 Å². The second kappa shape index (κ2) is 4.01. The van der Waals surface area contributed by atoms with Crippen LogP contribution < -0.4 is 17.2 Å². The molecule has 6 N–H and O–H groups in total. The molecule has 1 aliphatic carbocycles. The minimum absolute atomic E-state index is 0.210. The van der Waals surface area contributed by atoms with Crippen LogP contribution in [0.15, 0.2) is 12.1 Å². The minimum atomic E-state index is 0.210. The summed E-state index contributed by atoms with van der Waals surface area (Å²) in [5.41, 5.74) is 20.5. The highest BCUT2D eigenvalue weighted by Crippen LogP contribution is 2.41. The van der Waals surface area contributed by atoms with Gasteiger partial charge < -0.3 is 17.2 Å². The Labute approximate surface area is 105 Å². The molecule has 2 aromatic rings. The Kier molecular flexibility index (Phi) is 2.47. The van der Waals surface area contributed by atoms with E-state index in [1.807, 2.05) is 12.1 Å². The minimum Gasteiger partial charge on any atom is -0.398 e. The zero-order valence-electron chi connectivity index (χ0n) is 10.2. The molecule has 0 atom stereocenters. The van der Waals surface area contributed by atoms with E-state index in [4.69, 9.17) is 17.2 Å². The van der Waals surface area contributed by atoms with Gasteiger partial charge in [-0.2, -0.15) is 4.98 Å². The fraction of sp³-hybridized carbons (Fsp3) is 0.385. The molecule has 94 valence electrons. The standard InChI is InChI=1S/C13H17N5/c14-8-5-6-9-11(12(15)18-13(16)17-9)10(8)7-3-1-2-4-7/h5-7H,1-4,14H2,(H4,15,16,17,18). The van der Waals surface area contributed by atoms with Crippen LogP contribution in [0.2, 0.25) is 0 Å². The molecule has 1 aliphatic rings. The second-order valence-electron chi connectivity index (χ2n) is 4.91. The monoisotopic (exact) mass is 243 g/mol. The van der Waals surface area contributed by atoms with Crippen molar-refractivity contribution in [1.82, 2.24) is 9.97 Å². The molecule has 0 amide bonds. The van der Waals surface area contributed by atoms with Crippen LogP contribution in [0.1, 0.15) is 37.2 Å². The summed E-state index contributed by atoms with van der Waals surface area (Å²) in [6.45, 7) is 0. The van der Waals surface area contributed by atoms with Crippen molar-refractivity contribution >= 4 is 28.4 Å². The molecule has 5 heteroatoms. The zero-order valence-corrected chi connectivity index (χ0v) is 10.2. The van der Waals surface area contributed by atoms with Crippen LogP contribution in [-0.2, 0) is 0 Å². The number of nitrogen functional groups attached to an aromatic ring is 3. The smallest absolute Gasteiger partial charge is 0.222 e. The molecule has 0 saturated heterocycles. The highest BCUT2D eigenvalue weighted by Gasteiger charge is 2.23. The number of nitrogens with two attached hydrogens (primary N) is 3. The lowest BCUT2D eigenvalue weighted by atomic mass is 9.92. The van der Waals surface area contributed by atoms with Gasteiger partial charge in [-0.25, -0.2) is 4.98 Å². The number of fused-ring (bicyclic) bond motifs is 1. The molecule has 0 unspecified atom stereocenters. The maximum absolute atomic E-state index is 6.13. The van der Waals surface area contributed by atoms with Crippen molar-refractivity contribution in [2.45, 2.75) is 31.6 Å². The van der Waals surface area contributed by atoms with Crippen molar-refractivity contribution in [1.29, 1.82) is 0 Å². The van der Waals surface area contributed by atoms with Gasteiger partial charge in [0.25, 0.3) is 0 Å². The molecule has 0 spiro atoms. The molecule has 1 saturated carbocycles. The summed E-state index contributed by atoms with van der Waals surface area (Å²) >= 11 is 0. The van der Waals surface area contributed by atoms with Gasteiger partial charge in [0.05, 0.1) is 5.52 Å². The summed E-state index contributed by atoms with van der Waals surface area (Å²) in [6, 6.07) is 3.75. The fourth-order valence-corrected chi connectivity index (χ4v) is 2.97. The van der Waals surface area contributed by atoms with E-state index < -0.39 is 0 Å². The molecule has 1 fully saturated rings. The van der Waals surface area contributed by atoms with Gasteiger partial charge in [-0.05, 0) is 36.5 Å². The van der Waals surface area contributed by atoms with E-state index in [0.29, 0.717) is 11.7 Å². The van der Waals surface area contributed by atoms with Gasteiger partial charge in [0.2, 0.25) is 5.95 Å². The lowest BCUT2D eigenvalue weighted by Crippen LogP contribution is -2.06. The third-order valence-electron chi connectivity index (χ3n) is 3.75. The second-order valence-corrected chi connectivity index (χ2v) is 4.91. The van der Waals surface area contributed by atoms with Crippen molar-refractivity contribution in [2.75, 3.05) is 17.2 Å². The SMILES string of the molecule is Nc1nc(N)c2c(C3CCCC3)c(N)ccc2n1. The van der Waals surface area contributed by atoms with E-state index in [9.17, 15) is 0 Å². The predicted molar refractivity (Wildman–Crippen MR) is 74.0 cm³/mol. The summed E-state index contributed by atoms with van der Waals surface area (Å²) in [5, 5.41) is 0.885. The summed E-state index contributed by atoms with van der Waals surface area (Å²) in [6.07, 6.45) is 4.81. The van der Waals surface area contributed by atoms with Crippen molar-refractivity contribution < 1.29 is 0 Å². The van der Waals surface area contributed by atoms with E-state index in [2.05, 4.69) is 9.97 Å². The van der Waals surface area contributed by atoms with Gasteiger partial charge in [0.1, 0.15) is 5.82 Å². The van der Waals surface area contributed by atoms with Crippen molar-refractivity contribution in [3.8, 4) is 0 Å². The lowest BCUT2D eigenvalue weighted by molar-refractivity contribution is 0.731. The highest BCUT2D eigenvalue weighted by molar-refractivity contribution is 5.95. The van der Waals surface area contributed by atoms with E-state index >= 15 is 0 Å². The lowest BCUT2D eigenvalue weighted by Gasteiger charge is -2.16. The largest absolute Gasteiger partial charge is 0.398 e. The van der Waals surface area contributed by atoms with Crippen LogP contribution in [0.3, 0.4) is 0 Å². The molecular weight excluding hydrogens is 226 g/mol. The molecule has 0 radical (unpaired) electrons. The molecular formula is C13H17N5. The normalized spacial score (nSPS) is 16.4. The summed E-state index contributed by atoms with van der Waals surface area (Å²) < 4.78 is 0. The third kappa shape index (κ3) is 1.63. The maximum Gasteiger partial charge on any atom is 0.222 e. The quantitative estimate of drug-likeness (QED) is 0.665. The fourth-order valence-electron chi connectivity index (χ4n) is 2.97. The Morgan fingerprint density at radius 3 is 2.44 bits per heavy atom. The summed E-state index contributed by atoms with van der Waals surface area (Å²) in [5.74, 6) is 1.12. The van der Waals surface area contributed by atoms with E-state index in [1.165, 1.54) is 12.8 Å². The molecule has 0 aliphatic heterocycles. The van der Waals surface area contributed by atoms with Gasteiger partial charge in [0, 0.05) is 11.1 Å². The van der Waals surface area contributed by atoms with Gasteiger partial charge in [-0.1, -0.05) is 12.8 Å². The Hall–Kier alpha value is -2.04. The molecule has 0 bridgehead atoms. The molecule has 1 heterocycles. The van der Waals surface area contributed by atoms with Crippen LogP contribution in [0.5, 0.6) is 0 Å². The topological polar surface area (TPSA) is 104 Å². The number of hydrogen-bond donors (Lipinski definition) is 3. The first-order valence-corrected chi connectivity index (χ1v) is 6.28.